The van der Waals surface area contributed by atoms with E-state index in [2.05, 4.69) is 10.2 Å². The van der Waals surface area contributed by atoms with Crippen LogP contribution in [0.4, 0.5) is 0 Å². The van der Waals surface area contributed by atoms with Crippen LogP contribution in [0.15, 0.2) is 53.7 Å². The molecule has 0 saturated heterocycles. The number of para-hydroxylation sites is 1. The second kappa shape index (κ2) is 6.93. The number of halogens is 1. The second-order valence-corrected chi connectivity index (χ2v) is 6.11. The molecular formula is C16H15ClN4OS. The molecule has 0 saturated carbocycles. The molecule has 0 fully saturated rings. The molecule has 0 spiro atoms. The van der Waals surface area contributed by atoms with Gasteiger partial charge in [-0.15, -0.1) is 10.2 Å². The van der Waals surface area contributed by atoms with Gasteiger partial charge in [0.15, 0.2) is 5.82 Å². The van der Waals surface area contributed by atoms with Crippen LogP contribution in [0.1, 0.15) is 5.56 Å². The average Bonchev–Trinajstić information content (AvgIpc) is 2.95. The summed E-state index contributed by atoms with van der Waals surface area (Å²) in [5, 5.41) is 9.69. The van der Waals surface area contributed by atoms with Crippen LogP contribution in [0.5, 0.6) is 5.75 Å². The lowest BCUT2D eigenvalue weighted by molar-refractivity contribution is 0.416. The maximum atomic E-state index is 6.17. The van der Waals surface area contributed by atoms with E-state index in [9.17, 15) is 0 Å². The predicted molar refractivity (Wildman–Crippen MR) is 93.2 cm³/mol. The highest BCUT2D eigenvalue weighted by atomic mass is 35.5. The van der Waals surface area contributed by atoms with E-state index in [4.69, 9.17) is 22.2 Å². The first-order valence-corrected chi connectivity index (χ1v) is 8.27. The second-order valence-electron chi connectivity index (χ2n) is 4.76. The maximum Gasteiger partial charge on any atom is 0.210 e. The van der Waals surface area contributed by atoms with E-state index in [0.717, 1.165) is 16.1 Å². The molecule has 0 unspecified atom stereocenters. The molecular weight excluding hydrogens is 332 g/mol. The summed E-state index contributed by atoms with van der Waals surface area (Å²) in [5.41, 5.74) is 1.83. The van der Waals surface area contributed by atoms with E-state index in [0.29, 0.717) is 22.5 Å². The van der Waals surface area contributed by atoms with Crippen LogP contribution in [0, 0.1) is 0 Å². The first kappa shape index (κ1) is 15.7. The third kappa shape index (κ3) is 3.28. The summed E-state index contributed by atoms with van der Waals surface area (Å²) in [7, 11) is 1.61. The minimum atomic E-state index is 0.559. The lowest BCUT2D eigenvalue weighted by Crippen LogP contribution is -2.12. The minimum absolute atomic E-state index is 0.559. The normalized spacial score (nSPS) is 10.7. The number of benzene rings is 2. The van der Waals surface area contributed by atoms with Crippen LogP contribution in [0.3, 0.4) is 0 Å². The number of rotatable bonds is 5. The van der Waals surface area contributed by atoms with E-state index in [-0.39, 0.29) is 0 Å². The average molecular weight is 347 g/mol. The summed E-state index contributed by atoms with van der Waals surface area (Å²) in [6.07, 6.45) is 0. The van der Waals surface area contributed by atoms with Crippen molar-refractivity contribution >= 4 is 23.4 Å². The van der Waals surface area contributed by atoms with Gasteiger partial charge in [0.2, 0.25) is 5.16 Å². The zero-order valence-electron chi connectivity index (χ0n) is 12.4. The quantitative estimate of drug-likeness (QED) is 0.564. The SMILES string of the molecule is COc1ccccc1-c1nnc(SCc2ccccc2Cl)n1N. The number of hydrogen-bond donors (Lipinski definition) is 1. The number of thioether (sulfide) groups is 1. The van der Waals surface area contributed by atoms with Crippen molar-refractivity contribution in [2.75, 3.05) is 13.0 Å². The van der Waals surface area contributed by atoms with Crippen molar-refractivity contribution in [2.45, 2.75) is 10.9 Å². The Bertz CT molecular complexity index is 821. The molecule has 0 radical (unpaired) electrons. The fourth-order valence-electron chi connectivity index (χ4n) is 2.15. The Balaban J connectivity index is 1.84. The first-order chi connectivity index (χ1) is 11.2. The van der Waals surface area contributed by atoms with Crippen molar-refractivity contribution in [2.24, 2.45) is 0 Å². The van der Waals surface area contributed by atoms with Crippen molar-refractivity contribution in [3.8, 4) is 17.1 Å². The molecule has 0 bridgehead atoms. The van der Waals surface area contributed by atoms with Gasteiger partial charge in [-0.25, -0.2) is 4.68 Å². The topological polar surface area (TPSA) is 66.0 Å². The fourth-order valence-corrected chi connectivity index (χ4v) is 3.29. The summed E-state index contributed by atoms with van der Waals surface area (Å²) in [5.74, 6) is 8.07. The molecule has 118 valence electrons. The molecule has 0 amide bonds. The van der Waals surface area contributed by atoms with Gasteiger partial charge in [0.1, 0.15) is 5.75 Å². The summed E-state index contributed by atoms with van der Waals surface area (Å²) >= 11 is 7.65. The van der Waals surface area contributed by atoms with Gasteiger partial charge in [0, 0.05) is 10.8 Å². The van der Waals surface area contributed by atoms with Crippen LogP contribution in [0.25, 0.3) is 11.4 Å². The summed E-state index contributed by atoms with van der Waals surface area (Å²) in [6.45, 7) is 0. The first-order valence-electron chi connectivity index (χ1n) is 6.91. The number of aromatic nitrogens is 3. The summed E-state index contributed by atoms with van der Waals surface area (Å²) in [6, 6.07) is 15.3. The van der Waals surface area contributed by atoms with E-state index < -0.39 is 0 Å². The lowest BCUT2D eigenvalue weighted by Gasteiger charge is -2.08. The molecule has 0 aliphatic heterocycles. The Morgan fingerprint density at radius 3 is 2.65 bits per heavy atom. The van der Waals surface area contributed by atoms with Crippen molar-refractivity contribution in [3.05, 3.63) is 59.1 Å². The molecule has 3 rings (SSSR count). The predicted octanol–water partition coefficient (Wildman–Crippen LogP) is 3.61. The Morgan fingerprint density at radius 2 is 1.87 bits per heavy atom. The van der Waals surface area contributed by atoms with Gasteiger partial charge in [0.05, 0.1) is 12.7 Å². The zero-order valence-corrected chi connectivity index (χ0v) is 14.0. The van der Waals surface area contributed by atoms with Crippen LogP contribution in [0.2, 0.25) is 5.02 Å². The van der Waals surface area contributed by atoms with Gasteiger partial charge in [-0.2, -0.15) is 0 Å². The van der Waals surface area contributed by atoms with E-state index >= 15 is 0 Å². The third-order valence-corrected chi connectivity index (χ3v) is 4.69. The smallest absolute Gasteiger partial charge is 0.210 e. The van der Waals surface area contributed by atoms with Gasteiger partial charge in [-0.3, -0.25) is 0 Å². The molecule has 0 aliphatic carbocycles. The summed E-state index contributed by atoms with van der Waals surface area (Å²) in [4.78, 5) is 0. The van der Waals surface area contributed by atoms with Crippen LogP contribution in [-0.4, -0.2) is 22.0 Å². The number of nitrogens with zero attached hydrogens (tertiary/aromatic N) is 3. The molecule has 1 heterocycles. The molecule has 5 nitrogen and oxygen atoms in total. The van der Waals surface area contributed by atoms with Gasteiger partial charge >= 0.3 is 0 Å². The highest BCUT2D eigenvalue weighted by molar-refractivity contribution is 7.98. The largest absolute Gasteiger partial charge is 0.496 e. The fraction of sp³-hybridized carbons (Fsp3) is 0.125. The van der Waals surface area contributed by atoms with Gasteiger partial charge in [0.25, 0.3) is 0 Å². The molecule has 1 aromatic heterocycles. The highest BCUT2D eigenvalue weighted by Gasteiger charge is 2.15. The standard InChI is InChI=1S/C16H15ClN4OS/c1-22-14-9-5-3-7-12(14)15-19-20-16(21(15)18)23-10-11-6-2-4-8-13(11)17/h2-9H,10,18H2,1H3. The number of methoxy groups -OCH3 is 1. The lowest BCUT2D eigenvalue weighted by atomic mass is 10.2. The van der Waals surface area contributed by atoms with E-state index in [1.54, 1.807) is 7.11 Å². The maximum absolute atomic E-state index is 6.17. The Kier molecular flexibility index (Phi) is 4.73. The molecule has 0 atom stereocenters. The van der Waals surface area contributed by atoms with Crippen molar-refractivity contribution in [1.82, 2.24) is 14.9 Å². The van der Waals surface area contributed by atoms with Gasteiger partial charge < -0.3 is 10.6 Å². The Labute approximate surface area is 143 Å². The van der Waals surface area contributed by atoms with Crippen LogP contribution in [-0.2, 0) is 5.75 Å². The van der Waals surface area contributed by atoms with Gasteiger partial charge in [-0.05, 0) is 23.8 Å². The Morgan fingerprint density at radius 1 is 1.13 bits per heavy atom. The molecule has 3 aromatic rings. The Hall–Kier alpha value is -2.18. The highest BCUT2D eigenvalue weighted by Crippen LogP contribution is 2.31. The van der Waals surface area contributed by atoms with Crippen LogP contribution >= 0.6 is 23.4 Å². The zero-order chi connectivity index (χ0) is 16.2. The van der Waals surface area contributed by atoms with E-state index in [1.165, 1.54) is 16.4 Å². The third-order valence-electron chi connectivity index (χ3n) is 3.33. The molecule has 0 aliphatic rings. The number of hydrogen-bond acceptors (Lipinski definition) is 5. The molecule has 2 N–H and O–H groups in total. The summed E-state index contributed by atoms with van der Waals surface area (Å²) < 4.78 is 6.82. The van der Waals surface area contributed by atoms with Crippen molar-refractivity contribution in [1.29, 1.82) is 0 Å². The molecule has 2 aromatic carbocycles. The van der Waals surface area contributed by atoms with E-state index in [1.807, 2.05) is 48.5 Å². The van der Waals surface area contributed by atoms with Gasteiger partial charge in [-0.1, -0.05) is 53.7 Å². The van der Waals surface area contributed by atoms with Crippen LogP contribution < -0.4 is 10.6 Å². The monoisotopic (exact) mass is 346 g/mol. The molecule has 7 heteroatoms. The molecule has 23 heavy (non-hydrogen) atoms. The minimum Gasteiger partial charge on any atom is -0.496 e. The number of nitrogens with two attached hydrogens (primary N) is 1. The van der Waals surface area contributed by atoms with Crippen molar-refractivity contribution < 1.29 is 4.74 Å². The number of nitrogen functional groups attached to an aromatic ring is 1. The van der Waals surface area contributed by atoms with Crippen molar-refractivity contribution in [3.63, 3.8) is 0 Å². The number of ether oxygens (including phenoxy) is 1.